The van der Waals surface area contributed by atoms with E-state index in [-0.39, 0.29) is 11.3 Å². The van der Waals surface area contributed by atoms with Gasteiger partial charge < -0.3 is 14.8 Å². The number of hydrogen-bond donors (Lipinski definition) is 1. The first kappa shape index (κ1) is 20.1. The molecule has 0 saturated carbocycles. The van der Waals surface area contributed by atoms with E-state index in [4.69, 9.17) is 4.74 Å². The minimum atomic E-state index is -4.80. The predicted molar refractivity (Wildman–Crippen MR) is 98.5 cm³/mol. The van der Waals surface area contributed by atoms with Gasteiger partial charge in [0.2, 0.25) is 0 Å². The molecule has 0 aliphatic carbocycles. The maximum Gasteiger partial charge on any atom is 0.573 e. The molecule has 1 amide bonds. The second-order valence-electron chi connectivity index (χ2n) is 6.02. The third kappa shape index (κ3) is 5.44. The molecule has 3 aromatic rings. The summed E-state index contributed by atoms with van der Waals surface area (Å²) in [5.74, 6) is -1.74. The van der Waals surface area contributed by atoms with Crippen LogP contribution in [0.4, 0.5) is 18.9 Å². The van der Waals surface area contributed by atoms with E-state index in [2.05, 4.69) is 15.0 Å². The predicted octanol–water partition coefficient (Wildman–Crippen LogP) is 4.24. The van der Waals surface area contributed by atoms with Gasteiger partial charge in [0.15, 0.2) is 6.61 Å². The van der Waals surface area contributed by atoms with Gasteiger partial charge >= 0.3 is 12.3 Å². The van der Waals surface area contributed by atoms with Crippen LogP contribution >= 0.6 is 0 Å². The Labute approximate surface area is 163 Å². The molecule has 0 spiro atoms. The van der Waals surface area contributed by atoms with Gasteiger partial charge in [-0.05, 0) is 43.3 Å². The van der Waals surface area contributed by atoms with E-state index < -0.39 is 30.6 Å². The number of aromatic nitrogens is 1. The van der Waals surface area contributed by atoms with Crippen LogP contribution in [0.2, 0.25) is 0 Å². The van der Waals surface area contributed by atoms with Crippen LogP contribution in [-0.2, 0) is 9.53 Å². The van der Waals surface area contributed by atoms with Gasteiger partial charge in [-0.25, -0.2) is 4.79 Å². The fourth-order valence-corrected chi connectivity index (χ4v) is 2.62. The minimum absolute atomic E-state index is 0.228. The second-order valence-corrected chi connectivity index (χ2v) is 6.02. The zero-order valence-electron chi connectivity index (χ0n) is 15.1. The normalized spacial score (nSPS) is 11.2. The fourth-order valence-electron chi connectivity index (χ4n) is 2.62. The number of ether oxygens (including phenoxy) is 2. The number of pyridine rings is 1. The molecular weight excluding hydrogens is 389 g/mol. The number of carbonyl (C=O) groups excluding carboxylic acids is 2. The zero-order valence-corrected chi connectivity index (χ0v) is 15.1. The van der Waals surface area contributed by atoms with Crippen molar-refractivity contribution in [2.45, 2.75) is 13.3 Å². The van der Waals surface area contributed by atoms with Crippen LogP contribution in [0, 0.1) is 6.92 Å². The molecule has 0 unspecified atom stereocenters. The maximum atomic E-state index is 12.4. The molecule has 0 aliphatic heterocycles. The van der Waals surface area contributed by atoms with E-state index in [0.29, 0.717) is 16.6 Å². The highest BCUT2D eigenvalue weighted by atomic mass is 19.4. The molecule has 2 aromatic carbocycles. The van der Waals surface area contributed by atoms with Crippen LogP contribution in [-0.4, -0.2) is 29.8 Å². The Morgan fingerprint density at radius 1 is 1.07 bits per heavy atom. The van der Waals surface area contributed by atoms with Crippen LogP contribution < -0.4 is 10.1 Å². The highest BCUT2D eigenvalue weighted by molar-refractivity contribution is 6.04. The summed E-state index contributed by atoms with van der Waals surface area (Å²) in [5, 5.41) is 3.02. The van der Waals surface area contributed by atoms with Gasteiger partial charge in [0, 0.05) is 16.8 Å². The van der Waals surface area contributed by atoms with Crippen LogP contribution in [0.15, 0.2) is 54.6 Å². The van der Waals surface area contributed by atoms with Gasteiger partial charge in [0.1, 0.15) is 5.75 Å². The van der Waals surface area contributed by atoms with Gasteiger partial charge in [-0.2, -0.15) is 0 Å². The summed E-state index contributed by atoms with van der Waals surface area (Å²) in [5.41, 5.74) is 1.77. The molecule has 150 valence electrons. The van der Waals surface area contributed by atoms with Crippen molar-refractivity contribution in [1.29, 1.82) is 0 Å². The number of fused-ring (bicyclic) bond motifs is 1. The maximum absolute atomic E-state index is 12.4. The van der Waals surface area contributed by atoms with Crippen LogP contribution in [0.3, 0.4) is 0 Å². The Hall–Kier alpha value is -3.62. The van der Waals surface area contributed by atoms with Crippen molar-refractivity contribution in [1.82, 2.24) is 4.98 Å². The van der Waals surface area contributed by atoms with Gasteiger partial charge in [-0.1, -0.05) is 18.2 Å². The molecule has 0 aliphatic rings. The van der Waals surface area contributed by atoms with E-state index >= 15 is 0 Å². The monoisotopic (exact) mass is 404 g/mol. The van der Waals surface area contributed by atoms with Crippen molar-refractivity contribution in [3.05, 3.63) is 65.9 Å². The average Bonchev–Trinajstić information content (AvgIpc) is 2.66. The minimum Gasteiger partial charge on any atom is -0.452 e. The summed E-state index contributed by atoms with van der Waals surface area (Å²) in [7, 11) is 0. The molecule has 0 bridgehead atoms. The lowest BCUT2D eigenvalue weighted by molar-refractivity contribution is -0.274. The summed E-state index contributed by atoms with van der Waals surface area (Å²) >= 11 is 0. The van der Waals surface area contributed by atoms with Crippen LogP contribution in [0.5, 0.6) is 5.75 Å². The molecular formula is C20H15F3N2O4. The molecule has 0 saturated heterocycles. The van der Waals surface area contributed by atoms with Gasteiger partial charge in [-0.3, -0.25) is 9.78 Å². The highest BCUT2D eigenvalue weighted by Crippen LogP contribution is 2.24. The van der Waals surface area contributed by atoms with Gasteiger partial charge in [-0.15, -0.1) is 13.2 Å². The lowest BCUT2D eigenvalue weighted by Gasteiger charge is -2.10. The number of benzene rings is 2. The standard InChI is InChI=1S/C20H15F3N2O4/c1-12-10-16(15-4-2-3-5-17(15)24-12)19(27)28-11-18(26)25-13-6-8-14(9-7-13)29-20(21,22)23/h2-10H,11H2,1H3,(H,25,26). The summed E-state index contributed by atoms with van der Waals surface area (Å²) in [6, 6.07) is 13.2. The molecule has 0 radical (unpaired) electrons. The Morgan fingerprint density at radius 3 is 2.45 bits per heavy atom. The van der Waals surface area contributed by atoms with Crippen molar-refractivity contribution in [2.75, 3.05) is 11.9 Å². The Balaban J connectivity index is 1.60. The summed E-state index contributed by atoms with van der Waals surface area (Å²) in [6.45, 7) is 1.18. The number of halogens is 3. The number of nitrogens with one attached hydrogen (secondary N) is 1. The first-order valence-corrected chi connectivity index (χ1v) is 8.40. The van der Waals surface area contributed by atoms with Gasteiger partial charge in [0.25, 0.3) is 5.91 Å². The number of hydrogen-bond acceptors (Lipinski definition) is 5. The third-order valence-electron chi connectivity index (χ3n) is 3.77. The molecule has 6 nitrogen and oxygen atoms in total. The quantitative estimate of drug-likeness (QED) is 0.644. The second kappa shape index (κ2) is 8.17. The zero-order chi connectivity index (χ0) is 21.0. The molecule has 1 aromatic heterocycles. The van der Waals surface area contributed by atoms with Crippen LogP contribution in [0.25, 0.3) is 10.9 Å². The van der Waals surface area contributed by atoms with Crippen LogP contribution in [0.1, 0.15) is 16.1 Å². The molecule has 0 atom stereocenters. The first-order valence-electron chi connectivity index (χ1n) is 8.40. The van der Waals surface area contributed by atoms with E-state index in [0.717, 1.165) is 12.1 Å². The Morgan fingerprint density at radius 2 is 1.76 bits per heavy atom. The van der Waals surface area contributed by atoms with Crippen molar-refractivity contribution in [2.24, 2.45) is 0 Å². The molecule has 1 N–H and O–H groups in total. The SMILES string of the molecule is Cc1cc(C(=O)OCC(=O)Nc2ccc(OC(F)(F)F)cc2)c2ccccc2n1. The summed E-state index contributed by atoms with van der Waals surface area (Å²) < 4.78 is 45.2. The molecule has 0 fully saturated rings. The number of anilines is 1. The molecule has 1 heterocycles. The molecule has 9 heteroatoms. The largest absolute Gasteiger partial charge is 0.573 e. The van der Waals surface area contributed by atoms with Crippen molar-refractivity contribution in [3.8, 4) is 5.75 Å². The lowest BCUT2D eigenvalue weighted by Crippen LogP contribution is -2.21. The highest BCUT2D eigenvalue weighted by Gasteiger charge is 2.31. The number of alkyl halides is 3. The Kier molecular flexibility index (Phi) is 5.67. The number of nitrogens with zero attached hydrogens (tertiary/aromatic N) is 1. The number of para-hydroxylation sites is 1. The fraction of sp³-hybridized carbons (Fsp3) is 0.150. The molecule has 29 heavy (non-hydrogen) atoms. The smallest absolute Gasteiger partial charge is 0.452 e. The van der Waals surface area contributed by atoms with Crippen molar-refractivity contribution < 1.29 is 32.2 Å². The van der Waals surface area contributed by atoms with E-state index in [9.17, 15) is 22.8 Å². The number of aryl methyl sites for hydroxylation is 1. The summed E-state index contributed by atoms with van der Waals surface area (Å²) in [4.78, 5) is 28.7. The number of carbonyl (C=O) groups is 2. The number of amides is 1. The third-order valence-corrected chi connectivity index (χ3v) is 3.77. The van der Waals surface area contributed by atoms with E-state index in [1.807, 2.05) is 0 Å². The average molecular weight is 404 g/mol. The number of esters is 1. The van der Waals surface area contributed by atoms with Gasteiger partial charge in [0.05, 0.1) is 11.1 Å². The topological polar surface area (TPSA) is 77.5 Å². The number of rotatable bonds is 5. The van der Waals surface area contributed by atoms with Crippen molar-refractivity contribution in [3.63, 3.8) is 0 Å². The molecule has 3 rings (SSSR count). The van der Waals surface area contributed by atoms with E-state index in [1.54, 1.807) is 37.3 Å². The first-order chi connectivity index (χ1) is 13.7. The van der Waals surface area contributed by atoms with E-state index in [1.165, 1.54) is 12.1 Å². The Bertz CT molecular complexity index is 1050. The lowest BCUT2D eigenvalue weighted by atomic mass is 10.1. The summed E-state index contributed by atoms with van der Waals surface area (Å²) in [6.07, 6.45) is -4.80. The van der Waals surface area contributed by atoms with Crippen molar-refractivity contribution >= 4 is 28.5 Å².